The SMILES string of the molecule is O=S(=O)(Nc1cccc(Cl)n1)c1cnccc1Cl. The molecule has 0 saturated heterocycles. The van der Waals surface area contributed by atoms with Crippen molar-refractivity contribution in [3.63, 3.8) is 0 Å². The minimum Gasteiger partial charge on any atom is -0.263 e. The molecule has 2 aromatic rings. The lowest BCUT2D eigenvalue weighted by Crippen LogP contribution is -2.14. The molecule has 2 heterocycles. The van der Waals surface area contributed by atoms with Crippen LogP contribution < -0.4 is 4.72 Å². The molecule has 2 aromatic heterocycles. The Labute approximate surface area is 114 Å². The third-order valence-corrected chi connectivity index (χ3v) is 4.01. The van der Waals surface area contributed by atoms with Crippen molar-refractivity contribution in [2.24, 2.45) is 0 Å². The molecule has 2 rings (SSSR count). The third kappa shape index (κ3) is 2.90. The van der Waals surface area contributed by atoms with Gasteiger partial charge in [-0.3, -0.25) is 9.71 Å². The molecule has 0 amide bonds. The van der Waals surface area contributed by atoms with Gasteiger partial charge in [-0.05, 0) is 18.2 Å². The minimum absolute atomic E-state index is 0.0829. The average molecular weight is 304 g/mol. The van der Waals surface area contributed by atoms with Crippen molar-refractivity contribution in [3.05, 3.63) is 46.8 Å². The number of aromatic nitrogens is 2. The number of nitrogens with zero attached hydrogens (tertiary/aromatic N) is 2. The lowest BCUT2D eigenvalue weighted by molar-refractivity contribution is 0.600. The fourth-order valence-corrected chi connectivity index (χ4v) is 2.82. The summed E-state index contributed by atoms with van der Waals surface area (Å²) in [4.78, 5) is 7.43. The molecule has 5 nitrogen and oxygen atoms in total. The number of halogens is 2. The molecule has 8 heteroatoms. The van der Waals surface area contributed by atoms with Crippen LogP contribution in [0.3, 0.4) is 0 Å². The number of hydrogen-bond donors (Lipinski definition) is 1. The van der Waals surface area contributed by atoms with Gasteiger partial charge in [-0.15, -0.1) is 0 Å². The van der Waals surface area contributed by atoms with Gasteiger partial charge >= 0.3 is 0 Å². The zero-order valence-corrected chi connectivity index (χ0v) is 11.2. The molecule has 0 atom stereocenters. The maximum Gasteiger partial charge on any atom is 0.266 e. The van der Waals surface area contributed by atoms with Crippen molar-refractivity contribution in [1.29, 1.82) is 0 Å². The molecule has 94 valence electrons. The lowest BCUT2D eigenvalue weighted by Gasteiger charge is -2.08. The van der Waals surface area contributed by atoms with Gasteiger partial charge in [-0.1, -0.05) is 29.3 Å². The van der Waals surface area contributed by atoms with E-state index in [9.17, 15) is 8.42 Å². The molecular weight excluding hydrogens is 297 g/mol. The number of hydrogen-bond acceptors (Lipinski definition) is 4. The Kier molecular flexibility index (Phi) is 3.70. The van der Waals surface area contributed by atoms with Crippen molar-refractivity contribution in [3.8, 4) is 0 Å². The summed E-state index contributed by atoms with van der Waals surface area (Å²) in [5.41, 5.74) is 0. The Bertz CT molecular complexity index is 676. The second kappa shape index (κ2) is 5.09. The first-order chi connectivity index (χ1) is 8.49. The monoisotopic (exact) mass is 303 g/mol. The van der Waals surface area contributed by atoms with Crippen LogP contribution in [-0.2, 0) is 10.0 Å². The molecule has 0 aliphatic rings. The molecule has 0 saturated carbocycles. The van der Waals surface area contributed by atoms with Gasteiger partial charge in [-0.2, -0.15) is 0 Å². The van der Waals surface area contributed by atoms with Crippen molar-refractivity contribution in [2.75, 3.05) is 4.72 Å². The van der Waals surface area contributed by atoms with E-state index in [2.05, 4.69) is 14.7 Å². The topological polar surface area (TPSA) is 72.0 Å². The first-order valence-electron chi connectivity index (χ1n) is 4.74. The van der Waals surface area contributed by atoms with Crippen LogP contribution in [0.5, 0.6) is 0 Å². The Balaban J connectivity index is 2.37. The van der Waals surface area contributed by atoms with E-state index in [0.29, 0.717) is 0 Å². The number of pyridine rings is 2. The molecule has 0 aliphatic heterocycles. The standard InChI is InChI=1S/C10H7Cl2N3O2S/c11-7-4-5-13-6-8(7)18(16,17)15-10-3-1-2-9(12)14-10/h1-6H,(H,14,15). The maximum absolute atomic E-state index is 12.0. The summed E-state index contributed by atoms with van der Waals surface area (Å²) in [6.45, 7) is 0. The van der Waals surface area contributed by atoms with Gasteiger partial charge in [0, 0.05) is 12.4 Å². The Morgan fingerprint density at radius 1 is 1.17 bits per heavy atom. The van der Waals surface area contributed by atoms with Crippen molar-refractivity contribution < 1.29 is 8.42 Å². The highest BCUT2D eigenvalue weighted by Crippen LogP contribution is 2.22. The van der Waals surface area contributed by atoms with E-state index < -0.39 is 10.0 Å². The summed E-state index contributed by atoms with van der Waals surface area (Å²) in [5.74, 6) is 0.113. The van der Waals surface area contributed by atoms with Gasteiger partial charge in [0.05, 0.1) is 5.02 Å². The molecule has 0 fully saturated rings. The first-order valence-corrected chi connectivity index (χ1v) is 6.98. The first kappa shape index (κ1) is 13.1. The van der Waals surface area contributed by atoms with Crippen LogP contribution in [0.15, 0.2) is 41.6 Å². The van der Waals surface area contributed by atoms with Gasteiger partial charge in [-0.25, -0.2) is 13.4 Å². The lowest BCUT2D eigenvalue weighted by atomic mass is 10.5. The van der Waals surface area contributed by atoms with Gasteiger partial charge < -0.3 is 0 Å². The molecule has 18 heavy (non-hydrogen) atoms. The normalized spacial score (nSPS) is 11.2. The maximum atomic E-state index is 12.0. The number of anilines is 1. The van der Waals surface area contributed by atoms with Gasteiger partial charge in [0.25, 0.3) is 10.0 Å². The molecule has 0 unspecified atom stereocenters. The minimum atomic E-state index is -3.83. The zero-order chi connectivity index (χ0) is 13.2. The van der Waals surface area contributed by atoms with E-state index in [1.165, 1.54) is 24.4 Å². The van der Waals surface area contributed by atoms with Crippen LogP contribution in [-0.4, -0.2) is 18.4 Å². The van der Waals surface area contributed by atoms with Crippen LogP contribution in [0.4, 0.5) is 5.82 Å². The predicted molar refractivity (Wildman–Crippen MR) is 69.3 cm³/mol. The largest absolute Gasteiger partial charge is 0.266 e. The van der Waals surface area contributed by atoms with Crippen LogP contribution >= 0.6 is 23.2 Å². The summed E-state index contributed by atoms with van der Waals surface area (Å²) in [6, 6.07) is 5.99. The van der Waals surface area contributed by atoms with Gasteiger partial charge in [0.15, 0.2) is 0 Å². The summed E-state index contributed by atoms with van der Waals surface area (Å²) >= 11 is 11.5. The van der Waals surface area contributed by atoms with Crippen molar-refractivity contribution in [2.45, 2.75) is 4.90 Å². The van der Waals surface area contributed by atoms with E-state index in [1.54, 1.807) is 6.07 Å². The highest BCUT2D eigenvalue weighted by Gasteiger charge is 2.18. The van der Waals surface area contributed by atoms with Gasteiger partial charge in [0.2, 0.25) is 0 Å². The molecule has 1 N–H and O–H groups in total. The van der Waals surface area contributed by atoms with E-state index in [4.69, 9.17) is 23.2 Å². The van der Waals surface area contributed by atoms with E-state index in [1.807, 2.05) is 0 Å². The van der Waals surface area contributed by atoms with Crippen LogP contribution in [0.1, 0.15) is 0 Å². The highest BCUT2D eigenvalue weighted by molar-refractivity contribution is 7.92. The summed E-state index contributed by atoms with van der Waals surface area (Å²) in [6.07, 6.45) is 2.56. The van der Waals surface area contributed by atoms with Crippen molar-refractivity contribution in [1.82, 2.24) is 9.97 Å². The fraction of sp³-hybridized carbons (Fsp3) is 0. The third-order valence-electron chi connectivity index (χ3n) is 1.98. The molecular formula is C10H7Cl2N3O2S. The molecule has 0 spiro atoms. The molecule has 0 aliphatic carbocycles. The predicted octanol–water partition coefficient (Wildman–Crippen LogP) is 2.58. The number of nitrogens with one attached hydrogen (secondary N) is 1. The van der Waals surface area contributed by atoms with Crippen LogP contribution in [0.2, 0.25) is 10.2 Å². The smallest absolute Gasteiger partial charge is 0.263 e. The highest BCUT2D eigenvalue weighted by atomic mass is 35.5. The van der Waals surface area contributed by atoms with Gasteiger partial charge in [0.1, 0.15) is 15.9 Å². The summed E-state index contributed by atoms with van der Waals surface area (Å²) < 4.78 is 26.3. The molecule has 0 bridgehead atoms. The Hall–Kier alpha value is -1.37. The summed E-state index contributed by atoms with van der Waals surface area (Å²) in [7, 11) is -3.83. The van der Waals surface area contributed by atoms with E-state index in [0.717, 1.165) is 6.20 Å². The van der Waals surface area contributed by atoms with E-state index >= 15 is 0 Å². The Morgan fingerprint density at radius 3 is 2.61 bits per heavy atom. The average Bonchev–Trinajstić information content (AvgIpc) is 2.28. The quantitative estimate of drug-likeness (QED) is 0.885. The van der Waals surface area contributed by atoms with Crippen LogP contribution in [0, 0.1) is 0 Å². The second-order valence-electron chi connectivity index (χ2n) is 3.26. The van der Waals surface area contributed by atoms with Crippen LogP contribution in [0.25, 0.3) is 0 Å². The second-order valence-corrected chi connectivity index (χ2v) is 5.70. The molecule has 0 aromatic carbocycles. The van der Waals surface area contributed by atoms with E-state index in [-0.39, 0.29) is 20.9 Å². The number of rotatable bonds is 3. The summed E-state index contributed by atoms with van der Waals surface area (Å²) in [5, 5.41) is 0.270. The Morgan fingerprint density at radius 2 is 1.94 bits per heavy atom. The molecule has 0 radical (unpaired) electrons. The zero-order valence-electron chi connectivity index (χ0n) is 8.84. The number of sulfonamides is 1. The van der Waals surface area contributed by atoms with Crippen molar-refractivity contribution >= 4 is 39.0 Å². The fourth-order valence-electron chi connectivity index (χ4n) is 1.22.